The average Bonchev–Trinajstić information content (AvgIpc) is 3.71. The van der Waals surface area contributed by atoms with E-state index in [1.54, 1.807) is 42.6 Å². The van der Waals surface area contributed by atoms with Crippen LogP contribution in [0.15, 0.2) is 85.1 Å². The number of primary amides is 1. The maximum Gasteiger partial charge on any atom is 0.446 e. The number of carbonyl (C=O) groups is 8. The highest BCUT2D eigenvalue weighted by molar-refractivity contribution is 7.81. The first-order valence-corrected chi connectivity index (χ1v) is 23.7. The number of aromatic nitrogens is 1. The van der Waals surface area contributed by atoms with Gasteiger partial charge in [0.2, 0.25) is 41.4 Å². The molecule has 0 aliphatic rings. The van der Waals surface area contributed by atoms with Crippen molar-refractivity contribution in [2.24, 2.45) is 5.73 Å². The zero-order valence-corrected chi connectivity index (χ0v) is 39.4. The number of H-pyrrole nitrogens is 1. The van der Waals surface area contributed by atoms with Gasteiger partial charge in [0, 0.05) is 37.0 Å². The number of carbonyl (C=O) groups excluding carboxylic acids is 7. The number of amides is 7. The van der Waals surface area contributed by atoms with E-state index in [4.69, 9.17) is 10.3 Å². The Morgan fingerprint density at radius 1 is 0.710 bits per heavy atom. The van der Waals surface area contributed by atoms with Gasteiger partial charge >= 0.3 is 16.4 Å². The van der Waals surface area contributed by atoms with Crippen LogP contribution in [0.1, 0.15) is 75.5 Å². The zero-order chi connectivity index (χ0) is 50.7. The zero-order valence-electron chi connectivity index (χ0n) is 38.6. The number of nitrogens with one attached hydrogen (secondary N) is 6. The number of unbranched alkanes of at least 4 members (excludes halogenated alkanes) is 2. The van der Waals surface area contributed by atoms with Gasteiger partial charge in [0.25, 0.3) is 0 Å². The Bertz CT molecular complexity index is 2540. The SMILES string of the molecule is CCCC[C@H](NC(=O)Cc1ccc(OS(=O)(=O)O)cc1)C(=O)NCC(=O)N[C@@H](Cc1c[nH]c2ccccc12)C(=O)N[C@@H](CCCC)C(=O)N(C)[C@@H](CC(=O)O)C(=O)N[C@@H](Cc1ccccc1)C(N)=O. The summed E-state index contributed by atoms with van der Waals surface area (Å²) in [4.78, 5) is 111. The molecule has 0 fully saturated rings. The van der Waals surface area contributed by atoms with Crippen molar-refractivity contribution in [1.82, 2.24) is 36.5 Å². The summed E-state index contributed by atoms with van der Waals surface area (Å²) in [5, 5.41) is 23.6. The number of likely N-dealkylation sites (N-methyl/N-ethyl adjacent to an activating group) is 1. The lowest BCUT2D eigenvalue weighted by Crippen LogP contribution is -2.59. The van der Waals surface area contributed by atoms with E-state index >= 15 is 0 Å². The number of aromatic amines is 1. The molecule has 5 atom stereocenters. The molecule has 0 aliphatic heterocycles. The normalized spacial score (nSPS) is 13.4. The predicted molar refractivity (Wildman–Crippen MR) is 252 cm³/mol. The quantitative estimate of drug-likeness (QED) is 0.0366. The number of carboxylic acid groups (broad SMARTS) is 1. The van der Waals surface area contributed by atoms with Crippen molar-refractivity contribution in [3.63, 3.8) is 0 Å². The van der Waals surface area contributed by atoms with E-state index in [0.717, 1.165) is 15.8 Å². The summed E-state index contributed by atoms with van der Waals surface area (Å²) in [6.45, 7) is 3.12. The molecule has 0 saturated carbocycles. The number of carboxylic acids is 1. The Balaban J connectivity index is 1.51. The highest BCUT2D eigenvalue weighted by atomic mass is 32.3. The standard InChI is InChI=1S/C47H60N8O13S/c1-4-6-16-35(51-40(56)24-30-19-21-32(22-20-30)68-69(65,66)67)44(61)50-28-41(57)52-38(25-31-27-49-34-18-12-11-15-33(31)34)45(62)53-36(17-7-5-2)47(64)55(3)39(26-42(58)59)46(63)54-37(43(48)60)23-29-13-9-8-10-14-29/h8-15,18-22,27,35-39,49H,4-7,16-17,23-26,28H2,1-3H3,(H2,48,60)(H,50,61)(H,51,56)(H,52,57)(H,53,62)(H,54,63)(H,58,59)(H,65,66,67)/t35-,36-,37-,38-,39-/m0/s1. The minimum absolute atomic E-state index is 0.00266. The Morgan fingerprint density at radius 2 is 1.32 bits per heavy atom. The number of fused-ring (bicyclic) bond motifs is 1. The Kier molecular flexibility index (Phi) is 20.7. The molecule has 3 aromatic carbocycles. The summed E-state index contributed by atoms with van der Waals surface area (Å²) in [6.07, 6.45) is 3.02. The van der Waals surface area contributed by atoms with Crippen molar-refractivity contribution in [1.29, 1.82) is 0 Å². The van der Waals surface area contributed by atoms with E-state index in [1.807, 2.05) is 32.0 Å². The molecular formula is C47H60N8O13S. The minimum atomic E-state index is -4.75. The Morgan fingerprint density at radius 3 is 1.94 bits per heavy atom. The van der Waals surface area contributed by atoms with E-state index in [0.29, 0.717) is 42.4 Å². The van der Waals surface area contributed by atoms with Crippen molar-refractivity contribution in [2.45, 2.75) is 108 Å². The van der Waals surface area contributed by atoms with Crippen LogP contribution in [0.4, 0.5) is 0 Å². The topological polar surface area (TPSA) is 326 Å². The maximum absolute atomic E-state index is 14.3. The average molecular weight is 977 g/mol. The third kappa shape index (κ3) is 17.7. The number of hydrogen-bond acceptors (Lipinski definition) is 11. The predicted octanol–water partition coefficient (Wildman–Crippen LogP) is 1.60. The molecule has 0 aliphatic carbocycles. The maximum atomic E-state index is 14.3. The van der Waals surface area contributed by atoms with E-state index in [2.05, 4.69) is 35.8 Å². The number of nitrogens with two attached hydrogens (primary N) is 1. The summed E-state index contributed by atoms with van der Waals surface area (Å²) in [5.74, 6) is -7.09. The molecule has 22 heteroatoms. The van der Waals surface area contributed by atoms with E-state index in [-0.39, 0.29) is 37.9 Å². The van der Waals surface area contributed by atoms with Crippen LogP contribution < -0.4 is 36.5 Å². The summed E-state index contributed by atoms with van der Waals surface area (Å²) in [5.41, 5.74) is 8.08. The summed E-state index contributed by atoms with van der Waals surface area (Å²) in [6, 6.07) is 14.6. The van der Waals surface area contributed by atoms with E-state index in [1.165, 1.54) is 31.3 Å². The summed E-state index contributed by atoms with van der Waals surface area (Å²) >= 11 is 0. The van der Waals surface area contributed by atoms with Crippen LogP contribution in [0.2, 0.25) is 0 Å². The minimum Gasteiger partial charge on any atom is -0.481 e. The van der Waals surface area contributed by atoms with Gasteiger partial charge in [-0.2, -0.15) is 8.42 Å². The molecular weight excluding hydrogens is 917 g/mol. The van der Waals surface area contributed by atoms with Crippen molar-refractivity contribution >= 4 is 68.6 Å². The van der Waals surface area contributed by atoms with Crippen LogP contribution in [-0.2, 0) is 68.0 Å². The Labute approximate surface area is 399 Å². The molecule has 4 aromatic rings. The van der Waals surface area contributed by atoms with Crippen LogP contribution in [-0.4, -0.2) is 119 Å². The monoisotopic (exact) mass is 976 g/mol. The number of rotatable bonds is 28. The largest absolute Gasteiger partial charge is 0.481 e. The first-order valence-electron chi connectivity index (χ1n) is 22.4. The molecule has 0 saturated heterocycles. The van der Waals surface area contributed by atoms with Crippen LogP contribution in [0, 0.1) is 0 Å². The molecule has 0 spiro atoms. The van der Waals surface area contributed by atoms with Gasteiger partial charge in [0.1, 0.15) is 36.0 Å². The first kappa shape index (κ1) is 54.3. The number of para-hydroxylation sites is 1. The highest BCUT2D eigenvalue weighted by Gasteiger charge is 2.36. The number of aliphatic carboxylic acids is 1. The molecule has 0 unspecified atom stereocenters. The second-order valence-corrected chi connectivity index (χ2v) is 17.4. The smallest absolute Gasteiger partial charge is 0.446 e. The van der Waals surface area contributed by atoms with Crippen LogP contribution in [0.25, 0.3) is 10.9 Å². The number of benzene rings is 3. The molecule has 1 aromatic heterocycles. The van der Waals surface area contributed by atoms with Crippen molar-refractivity contribution in [2.75, 3.05) is 13.6 Å². The molecule has 1 heterocycles. The Hall–Kier alpha value is -7.33. The van der Waals surface area contributed by atoms with Gasteiger partial charge in [-0.05, 0) is 47.7 Å². The molecule has 372 valence electrons. The molecule has 4 rings (SSSR count). The van der Waals surface area contributed by atoms with Gasteiger partial charge in [0.05, 0.1) is 19.4 Å². The summed E-state index contributed by atoms with van der Waals surface area (Å²) in [7, 11) is -3.54. The molecule has 0 bridgehead atoms. The molecule has 21 nitrogen and oxygen atoms in total. The molecule has 10 N–H and O–H groups in total. The summed E-state index contributed by atoms with van der Waals surface area (Å²) < 4.78 is 35.3. The lowest BCUT2D eigenvalue weighted by atomic mass is 10.0. The third-order valence-corrected chi connectivity index (χ3v) is 11.5. The second kappa shape index (κ2) is 26.3. The second-order valence-electron chi connectivity index (χ2n) is 16.4. The van der Waals surface area contributed by atoms with Crippen LogP contribution in [0.3, 0.4) is 0 Å². The van der Waals surface area contributed by atoms with E-state index in [9.17, 15) is 51.9 Å². The van der Waals surface area contributed by atoms with Crippen LogP contribution in [0.5, 0.6) is 5.75 Å². The van der Waals surface area contributed by atoms with Gasteiger partial charge in [-0.25, -0.2) is 0 Å². The molecule has 69 heavy (non-hydrogen) atoms. The fourth-order valence-corrected chi connectivity index (χ4v) is 7.76. The van der Waals surface area contributed by atoms with Gasteiger partial charge < -0.3 is 51.5 Å². The van der Waals surface area contributed by atoms with Gasteiger partial charge in [0.15, 0.2) is 0 Å². The van der Waals surface area contributed by atoms with Crippen LogP contribution >= 0.6 is 0 Å². The first-order chi connectivity index (χ1) is 32.8. The lowest BCUT2D eigenvalue weighted by Gasteiger charge is -2.31. The molecule has 0 radical (unpaired) electrons. The van der Waals surface area contributed by atoms with Gasteiger partial charge in [-0.15, -0.1) is 0 Å². The van der Waals surface area contributed by atoms with Gasteiger partial charge in [-0.3, -0.25) is 42.9 Å². The van der Waals surface area contributed by atoms with Gasteiger partial charge in [-0.1, -0.05) is 100 Å². The number of hydrogen-bond donors (Lipinski definition) is 9. The molecule has 7 amide bonds. The highest BCUT2D eigenvalue weighted by Crippen LogP contribution is 2.20. The van der Waals surface area contributed by atoms with Crippen molar-refractivity contribution < 1.29 is 60.6 Å². The fraction of sp³-hybridized carbons (Fsp3) is 0.404. The van der Waals surface area contributed by atoms with E-state index < -0.39 is 101 Å². The lowest BCUT2D eigenvalue weighted by molar-refractivity contribution is -0.147. The fourth-order valence-electron chi connectivity index (χ4n) is 7.41. The third-order valence-electron chi connectivity index (χ3n) is 11.1. The number of nitrogens with zero attached hydrogens (tertiary/aromatic N) is 1. The van der Waals surface area contributed by atoms with Crippen molar-refractivity contribution in [3.05, 3.63) is 102 Å². The van der Waals surface area contributed by atoms with Crippen molar-refractivity contribution in [3.8, 4) is 5.75 Å².